The van der Waals surface area contributed by atoms with Crippen molar-refractivity contribution in [2.45, 2.75) is 18.0 Å². The highest BCUT2D eigenvalue weighted by molar-refractivity contribution is 8.00. The Labute approximate surface area is 174 Å². The van der Waals surface area contributed by atoms with Gasteiger partial charge in [-0.2, -0.15) is 0 Å². The molecule has 3 aromatic rings. The molecule has 3 rings (SSSR count). The molecule has 0 aliphatic carbocycles. The molecule has 8 nitrogen and oxygen atoms in total. The number of thiophene rings is 1. The molecular formula is C19H17N3O5S2. The summed E-state index contributed by atoms with van der Waals surface area (Å²) in [4.78, 5) is 37.8. The maximum absolute atomic E-state index is 12.8. The van der Waals surface area contributed by atoms with E-state index in [2.05, 4.69) is 0 Å². The standard InChI is InChI=1S/C19H17N3O5S2/c20-19(24)13-5-6-17(16(9-13)22(25)26)29-12-18(23)21(10-14-3-1-7-27-14)11-15-4-2-8-28-15/h1-9H,10-12H2,(H2,20,24). The first-order chi connectivity index (χ1) is 13.9. The highest BCUT2D eigenvalue weighted by Crippen LogP contribution is 2.30. The number of nitrogens with zero attached hydrogens (tertiary/aromatic N) is 2. The van der Waals surface area contributed by atoms with E-state index in [0.29, 0.717) is 23.7 Å². The summed E-state index contributed by atoms with van der Waals surface area (Å²) in [7, 11) is 0. The lowest BCUT2D eigenvalue weighted by Crippen LogP contribution is -2.31. The van der Waals surface area contributed by atoms with Crippen molar-refractivity contribution in [1.82, 2.24) is 4.90 Å². The number of nitro groups is 1. The summed E-state index contributed by atoms with van der Waals surface area (Å²) in [5, 5.41) is 13.3. The van der Waals surface area contributed by atoms with Crippen LogP contribution in [0.25, 0.3) is 0 Å². The Morgan fingerprint density at radius 2 is 2.03 bits per heavy atom. The number of primary amides is 1. The molecule has 2 heterocycles. The van der Waals surface area contributed by atoms with Gasteiger partial charge in [0, 0.05) is 16.5 Å². The highest BCUT2D eigenvalue weighted by atomic mass is 32.2. The lowest BCUT2D eigenvalue weighted by Gasteiger charge is -2.21. The highest BCUT2D eigenvalue weighted by Gasteiger charge is 2.21. The molecule has 0 saturated heterocycles. The summed E-state index contributed by atoms with van der Waals surface area (Å²) in [5.74, 6) is -0.283. The van der Waals surface area contributed by atoms with Crippen LogP contribution in [0.1, 0.15) is 21.0 Å². The number of amides is 2. The Kier molecular flexibility index (Phi) is 6.68. The predicted octanol–water partition coefficient (Wildman–Crippen LogP) is 3.67. The largest absolute Gasteiger partial charge is 0.467 e. The third-order valence-corrected chi connectivity index (χ3v) is 5.91. The lowest BCUT2D eigenvalue weighted by atomic mass is 10.2. The van der Waals surface area contributed by atoms with Gasteiger partial charge in [0.25, 0.3) is 5.69 Å². The summed E-state index contributed by atoms with van der Waals surface area (Å²) in [6.07, 6.45) is 1.54. The normalized spacial score (nSPS) is 10.6. The molecule has 0 aliphatic rings. The SMILES string of the molecule is NC(=O)c1ccc(SCC(=O)N(Cc2ccco2)Cc2cccs2)c([N+](=O)[O-])c1. The van der Waals surface area contributed by atoms with Crippen LogP contribution in [0.15, 0.2) is 63.4 Å². The molecule has 29 heavy (non-hydrogen) atoms. The fraction of sp³-hybridized carbons (Fsp3) is 0.158. The van der Waals surface area contributed by atoms with E-state index < -0.39 is 10.8 Å². The number of hydrogen-bond acceptors (Lipinski definition) is 7. The van der Waals surface area contributed by atoms with Crippen LogP contribution in [0, 0.1) is 10.1 Å². The minimum absolute atomic E-state index is 0.00282. The van der Waals surface area contributed by atoms with Crippen LogP contribution in [0.4, 0.5) is 5.69 Å². The molecule has 0 radical (unpaired) electrons. The number of furan rings is 1. The monoisotopic (exact) mass is 431 g/mol. The minimum atomic E-state index is -0.749. The quantitative estimate of drug-likeness (QED) is 0.314. The van der Waals surface area contributed by atoms with Crippen LogP contribution in [-0.2, 0) is 17.9 Å². The van der Waals surface area contributed by atoms with E-state index in [1.165, 1.54) is 12.1 Å². The van der Waals surface area contributed by atoms with Crippen LogP contribution < -0.4 is 5.73 Å². The maximum Gasteiger partial charge on any atom is 0.283 e. The summed E-state index contributed by atoms with van der Waals surface area (Å²) < 4.78 is 5.35. The number of rotatable bonds is 9. The number of nitrogens with two attached hydrogens (primary N) is 1. The van der Waals surface area contributed by atoms with Crippen LogP contribution in [0.3, 0.4) is 0 Å². The van der Waals surface area contributed by atoms with Crippen molar-refractivity contribution >= 4 is 40.6 Å². The molecular weight excluding hydrogens is 414 g/mol. The summed E-state index contributed by atoms with van der Waals surface area (Å²) in [5.41, 5.74) is 4.98. The minimum Gasteiger partial charge on any atom is -0.467 e. The summed E-state index contributed by atoms with van der Waals surface area (Å²) in [6, 6.07) is 11.4. The van der Waals surface area contributed by atoms with Gasteiger partial charge in [-0.05, 0) is 35.7 Å². The van der Waals surface area contributed by atoms with Gasteiger partial charge in [0.1, 0.15) is 5.76 Å². The van der Waals surface area contributed by atoms with Crippen molar-refractivity contribution in [2.75, 3.05) is 5.75 Å². The first-order valence-electron chi connectivity index (χ1n) is 8.47. The van der Waals surface area contributed by atoms with E-state index >= 15 is 0 Å². The average molecular weight is 431 g/mol. The lowest BCUT2D eigenvalue weighted by molar-refractivity contribution is -0.387. The van der Waals surface area contributed by atoms with Gasteiger partial charge in [-0.3, -0.25) is 19.7 Å². The van der Waals surface area contributed by atoms with E-state index in [1.807, 2.05) is 17.5 Å². The Balaban J connectivity index is 1.74. The number of carbonyl (C=O) groups is 2. The first kappa shape index (κ1) is 20.6. The summed E-state index contributed by atoms with van der Waals surface area (Å²) in [6.45, 7) is 0.716. The van der Waals surface area contributed by atoms with Crippen molar-refractivity contribution in [1.29, 1.82) is 0 Å². The second-order valence-electron chi connectivity index (χ2n) is 6.00. The van der Waals surface area contributed by atoms with Crippen molar-refractivity contribution in [3.63, 3.8) is 0 Å². The predicted molar refractivity (Wildman–Crippen MR) is 110 cm³/mol. The van der Waals surface area contributed by atoms with Crippen molar-refractivity contribution in [2.24, 2.45) is 5.73 Å². The number of hydrogen-bond donors (Lipinski definition) is 1. The molecule has 1 aromatic carbocycles. The number of nitro benzene ring substituents is 1. The van der Waals surface area contributed by atoms with E-state index in [-0.39, 0.29) is 22.9 Å². The van der Waals surface area contributed by atoms with Gasteiger partial charge in [0.2, 0.25) is 11.8 Å². The van der Waals surface area contributed by atoms with Crippen molar-refractivity contribution in [3.8, 4) is 0 Å². The Morgan fingerprint density at radius 3 is 2.66 bits per heavy atom. The second-order valence-corrected chi connectivity index (χ2v) is 8.05. The molecule has 150 valence electrons. The van der Waals surface area contributed by atoms with Crippen LogP contribution >= 0.6 is 23.1 Å². The van der Waals surface area contributed by atoms with Gasteiger partial charge in [0.05, 0.1) is 34.9 Å². The van der Waals surface area contributed by atoms with Gasteiger partial charge in [-0.25, -0.2) is 0 Å². The molecule has 0 aliphatic heterocycles. The molecule has 0 spiro atoms. The molecule has 10 heteroatoms. The third kappa shape index (κ3) is 5.46. The Bertz CT molecular complexity index is 967. The molecule has 0 bridgehead atoms. The third-order valence-electron chi connectivity index (χ3n) is 4.00. The molecule has 0 fully saturated rings. The molecule has 2 aromatic heterocycles. The zero-order chi connectivity index (χ0) is 20.8. The molecule has 0 atom stereocenters. The van der Waals surface area contributed by atoms with Crippen molar-refractivity contribution in [3.05, 3.63) is 80.4 Å². The number of benzene rings is 1. The smallest absolute Gasteiger partial charge is 0.283 e. The summed E-state index contributed by atoms with van der Waals surface area (Å²) >= 11 is 2.59. The first-order valence-corrected chi connectivity index (χ1v) is 10.3. The molecule has 2 N–H and O–H groups in total. The fourth-order valence-electron chi connectivity index (χ4n) is 2.58. The second kappa shape index (κ2) is 9.39. The molecule has 0 saturated carbocycles. The Morgan fingerprint density at radius 1 is 1.21 bits per heavy atom. The molecule has 2 amide bonds. The van der Waals surface area contributed by atoms with Crippen molar-refractivity contribution < 1.29 is 18.9 Å². The van der Waals surface area contributed by atoms with Gasteiger partial charge in [-0.15, -0.1) is 23.1 Å². The van der Waals surface area contributed by atoms with E-state index in [1.54, 1.807) is 34.6 Å². The van der Waals surface area contributed by atoms with Gasteiger partial charge in [-0.1, -0.05) is 6.07 Å². The zero-order valence-electron chi connectivity index (χ0n) is 15.1. The van der Waals surface area contributed by atoms with Gasteiger partial charge in [0.15, 0.2) is 0 Å². The Hall–Kier alpha value is -3.11. The number of carbonyl (C=O) groups excluding carboxylic acids is 2. The number of thioether (sulfide) groups is 1. The van der Waals surface area contributed by atoms with Crippen LogP contribution in [-0.4, -0.2) is 27.4 Å². The van der Waals surface area contributed by atoms with E-state index in [9.17, 15) is 19.7 Å². The molecule has 0 unspecified atom stereocenters. The maximum atomic E-state index is 12.8. The topological polar surface area (TPSA) is 120 Å². The van der Waals surface area contributed by atoms with E-state index in [0.717, 1.165) is 22.7 Å². The van der Waals surface area contributed by atoms with Crippen LogP contribution in [0.5, 0.6) is 0 Å². The average Bonchev–Trinajstić information content (AvgIpc) is 3.39. The zero-order valence-corrected chi connectivity index (χ0v) is 16.8. The van der Waals surface area contributed by atoms with E-state index in [4.69, 9.17) is 10.2 Å². The van der Waals surface area contributed by atoms with Gasteiger partial charge < -0.3 is 15.1 Å². The van der Waals surface area contributed by atoms with Gasteiger partial charge >= 0.3 is 0 Å². The fourth-order valence-corrected chi connectivity index (χ4v) is 4.21. The van der Waals surface area contributed by atoms with Crippen LogP contribution in [0.2, 0.25) is 0 Å².